The van der Waals surface area contributed by atoms with Gasteiger partial charge >= 0.3 is 0 Å². The Labute approximate surface area is 96.1 Å². The summed E-state index contributed by atoms with van der Waals surface area (Å²) in [5, 5.41) is 4.41. The highest BCUT2D eigenvalue weighted by Gasteiger charge is 2.18. The average molecular weight is 221 g/mol. The predicted octanol–water partition coefficient (Wildman–Crippen LogP) is 1.68. The lowest BCUT2D eigenvalue weighted by Crippen LogP contribution is -2.19. The minimum absolute atomic E-state index is 0.0851. The van der Waals surface area contributed by atoms with Crippen LogP contribution in [0.4, 0.5) is 0 Å². The van der Waals surface area contributed by atoms with Crippen molar-refractivity contribution >= 4 is 0 Å². The molecule has 16 heavy (non-hydrogen) atoms. The van der Waals surface area contributed by atoms with Gasteiger partial charge in [-0.1, -0.05) is 6.92 Å². The van der Waals surface area contributed by atoms with Crippen molar-refractivity contribution in [1.82, 2.24) is 9.78 Å². The third kappa shape index (κ3) is 2.11. The Morgan fingerprint density at radius 2 is 2.44 bits per heavy atom. The first-order chi connectivity index (χ1) is 7.72. The zero-order valence-corrected chi connectivity index (χ0v) is 9.94. The van der Waals surface area contributed by atoms with Crippen molar-refractivity contribution in [3.8, 4) is 0 Å². The minimum Gasteiger partial charge on any atom is -0.501 e. The number of rotatable bonds is 3. The van der Waals surface area contributed by atoms with Crippen LogP contribution in [0.3, 0.4) is 0 Å². The summed E-state index contributed by atoms with van der Waals surface area (Å²) in [5.74, 6) is 0. The molecule has 1 unspecified atom stereocenters. The van der Waals surface area contributed by atoms with Gasteiger partial charge in [0.1, 0.15) is 0 Å². The molecule has 88 valence electrons. The van der Waals surface area contributed by atoms with Crippen LogP contribution in [-0.2, 0) is 18.2 Å². The lowest BCUT2D eigenvalue weighted by Gasteiger charge is -2.19. The first-order valence-electron chi connectivity index (χ1n) is 5.81. The van der Waals surface area contributed by atoms with E-state index in [0.29, 0.717) is 0 Å². The zero-order chi connectivity index (χ0) is 11.5. The van der Waals surface area contributed by atoms with Gasteiger partial charge in [0.05, 0.1) is 30.3 Å². The van der Waals surface area contributed by atoms with Crippen LogP contribution in [0.2, 0.25) is 0 Å². The molecule has 1 aromatic heterocycles. The van der Waals surface area contributed by atoms with Crippen LogP contribution in [0.5, 0.6) is 0 Å². The Bertz CT molecular complexity index is 395. The summed E-state index contributed by atoms with van der Waals surface area (Å²) >= 11 is 0. The second-order valence-electron chi connectivity index (χ2n) is 4.18. The fourth-order valence-corrected chi connectivity index (χ4v) is 2.01. The first kappa shape index (κ1) is 11.2. The minimum atomic E-state index is -0.0851. The third-order valence-electron chi connectivity index (χ3n) is 3.01. The Morgan fingerprint density at radius 3 is 3.00 bits per heavy atom. The van der Waals surface area contributed by atoms with Crippen molar-refractivity contribution in [3.05, 3.63) is 29.3 Å². The molecule has 0 amide bonds. The maximum Gasteiger partial charge on any atom is 0.0876 e. The van der Waals surface area contributed by atoms with Crippen molar-refractivity contribution in [2.24, 2.45) is 12.8 Å². The second kappa shape index (κ2) is 4.70. The molecule has 2 rings (SSSR count). The summed E-state index contributed by atoms with van der Waals surface area (Å²) in [5.41, 5.74) is 9.55. The van der Waals surface area contributed by atoms with Gasteiger partial charge in [0.15, 0.2) is 0 Å². The van der Waals surface area contributed by atoms with Crippen LogP contribution in [-0.4, -0.2) is 16.4 Å². The van der Waals surface area contributed by atoms with E-state index < -0.39 is 0 Å². The Balaban J connectivity index is 2.22. The van der Waals surface area contributed by atoms with Gasteiger partial charge in [-0.3, -0.25) is 4.68 Å². The van der Waals surface area contributed by atoms with Crippen molar-refractivity contribution in [3.63, 3.8) is 0 Å². The topological polar surface area (TPSA) is 53.1 Å². The molecule has 0 spiro atoms. The van der Waals surface area contributed by atoms with Gasteiger partial charge in [-0.15, -0.1) is 0 Å². The summed E-state index contributed by atoms with van der Waals surface area (Å²) < 4.78 is 7.20. The highest BCUT2D eigenvalue weighted by molar-refractivity contribution is 5.23. The number of nitrogens with two attached hydrogens (primary N) is 1. The van der Waals surface area contributed by atoms with Crippen LogP contribution >= 0.6 is 0 Å². The molecular weight excluding hydrogens is 202 g/mol. The van der Waals surface area contributed by atoms with Crippen LogP contribution in [0.25, 0.3) is 0 Å². The van der Waals surface area contributed by atoms with Gasteiger partial charge in [0.2, 0.25) is 0 Å². The highest BCUT2D eigenvalue weighted by atomic mass is 16.5. The standard InChI is InChI=1S/C12H19N3O/c1-3-10-7-11(15(2)14-10)12(13)9-5-4-6-16-8-9/h7-8,12H,3-6,13H2,1-2H3. The molecule has 0 saturated heterocycles. The molecule has 0 bridgehead atoms. The molecule has 0 saturated carbocycles. The second-order valence-corrected chi connectivity index (χ2v) is 4.18. The van der Waals surface area contributed by atoms with E-state index in [1.54, 1.807) is 0 Å². The van der Waals surface area contributed by atoms with E-state index in [1.165, 1.54) is 0 Å². The molecule has 4 nitrogen and oxygen atoms in total. The number of hydrogen-bond acceptors (Lipinski definition) is 3. The van der Waals surface area contributed by atoms with E-state index in [0.717, 1.165) is 42.8 Å². The van der Waals surface area contributed by atoms with E-state index in [-0.39, 0.29) is 6.04 Å². The Hall–Kier alpha value is -1.29. The molecule has 2 N–H and O–H groups in total. The molecule has 1 aromatic rings. The molecule has 1 aliphatic rings. The summed E-state index contributed by atoms with van der Waals surface area (Å²) in [6, 6.07) is 2.00. The molecule has 1 atom stereocenters. The van der Waals surface area contributed by atoms with Gasteiger partial charge in [-0.2, -0.15) is 5.10 Å². The van der Waals surface area contributed by atoms with E-state index in [2.05, 4.69) is 18.1 Å². The molecule has 1 aliphatic heterocycles. The molecule has 0 aromatic carbocycles. The van der Waals surface area contributed by atoms with E-state index in [4.69, 9.17) is 10.5 Å². The summed E-state index contributed by atoms with van der Waals surface area (Å²) in [6.07, 6.45) is 4.83. The van der Waals surface area contributed by atoms with Crippen molar-refractivity contribution in [1.29, 1.82) is 0 Å². The van der Waals surface area contributed by atoms with Crippen LogP contribution in [0, 0.1) is 0 Å². The molecule has 0 radical (unpaired) electrons. The van der Waals surface area contributed by atoms with Crippen molar-refractivity contribution < 1.29 is 4.74 Å². The lowest BCUT2D eigenvalue weighted by molar-refractivity contribution is 0.221. The fourth-order valence-electron chi connectivity index (χ4n) is 2.01. The predicted molar refractivity (Wildman–Crippen MR) is 62.8 cm³/mol. The highest BCUT2D eigenvalue weighted by Crippen LogP contribution is 2.25. The number of nitrogens with zero attached hydrogens (tertiary/aromatic N) is 2. The largest absolute Gasteiger partial charge is 0.501 e. The van der Waals surface area contributed by atoms with Crippen molar-refractivity contribution in [2.45, 2.75) is 32.2 Å². The molecule has 2 heterocycles. The zero-order valence-electron chi connectivity index (χ0n) is 9.94. The summed E-state index contributed by atoms with van der Waals surface area (Å²) in [6.45, 7) is 2.91. The van der Waals surface area contributed by atoms with Crippen LogP contribution in [0.15, 0.2) is 17.9 Å². The SMILES string of the molecule is CCc1cc(C(N)C2=COCCC2)n(C)n1. The Kier molecular flexibility index (Phi) is 3.29. The normalized spacial score (nSPS) is 17.8. The van der Waals surface area contributed by atoms with Gasteiger partial charge in [-0.05, 0) is 30.9 Å². The monoisotopic (exact) mass is 221 g/mol. The van der Waals surface area contributed by atoms with Crippen LogP contribution < -0.4 is 5.73 Å². The van der Waals surface area contributed by atoms with Gasteiger partial charge < -0.3 is 10.5 Å². The number of aryl methyl sites for hydroxylation is 2. The maximum atomic E-state index is 6.23. The molecular formula is C12H19N3O. The quantitative estimate of drug-likeness (QED) is 0.844. The lowest BCUT2D eigenvalue weighted by atomic mass is 10.00. The van der Waals surface area contributed by atoms with Gasteiger partial charge in [0, 0.05) is 7.05 Å². The van der Waals surface area contributed by atoms with E-state index in [9.17, 15) is 0 Å². The molecule has 0 aliphatic carbocycles. The number of ether oxygens (including phenoxy) is 1. The average Bonchev–Trinajstić information content (AvgIpc) is 2.71. The van der Waals surface area contributed by atoms with Crippen LogP contribution in [0.1, 0.15) is 37.2 Å². The first-order valence-corrected chi connectivity index (χ1v) is 5.81. The Morgan fingerprint density at radius 1 is 1.62 bits per heavy atom. The van der Waals surface area contributed by atoms with E-state index >= 15 is 0 Å². The number of aromatic nitrogens is 2. The summed E-state index contributed by atoms with van der Waals surface area (Å²) in [4.78, 5) is 0. The maximum absolute atomic E-state index is 6.23. The van der Waals surface area contributed by atoms with Crippen molar-refractivity contribution in [2.75, 3.05) is 6.61 Å². The molecule has 0 fully saturated rings. The smallest absolute Gasteiger partial charge is 0.0876 e. The van der Waals surface area contributed by atoms with E-state index in [1.807, 2.05) is 18.0 Å². The van der Waals surface area contributed by atoms with Gasteiger partial charge in [-0.25, -0.2) is 0 Å². The fraction of sp³-hybridized carbons (Fsp3) is 0.583. The third-order valence-corrected chi connectivity index (χ3v) is 3.01. The summed E-state index contributed by atoms with van der Waals surface area (Å²) in [7, 11) is 1.94. The number of hydrogen-bond donors (Lipinski definition) is 1. The molecule has 4 heteroatoms. The van der Waals surface area contributed by atoms with Gasteiger partial charge in [0.25, 0.3) is 0 Å².